The van der Waals surface area contributed by atoms with Crippen LogP contribution in [0.15, 0.2) is 17.1 Å². The molecule has 1 aromatic rings. The molecule has 0 spiro atoms. The molecule has 0 amide bonds. The Morgan fingerprint density at radius 2 is 2.35 bits per heavy atom. The van der Waals surface area contributed by atoms with Crippen LogP contribution < -0.4 is 16.0 Å². The smallest absolute Gasteiger partial charge is 0.270 e. The van der Waals surface area contributed by atoms with E-state index in [1.54, 1.807) is 0 Å². The van der Waals surface area contributed by atoms with Crippen LogP contribution in [0.25, 0.3) is 0 Å². The Bertz CT molecular complexity index is 393. The van der Waals surface area contributed by atoms with Crippen LogP contribution in [-0.4, -0.2) is 45.9 Å². The molecule has 1 atom stereocenters. The van der Waals surface area contributed by atoms with Crippen molar-refractivity contribution < 1.29 is 14.9 Å². The van der Waals surface area contributed by atoms with E-state index in [1.807, 2.05) is 0 Å². The standard InChI is InChI=1S/C10H17N3O4/c11-2-1-3-17-9-4-10(16)13(12-5-9)6-8(15)7-14/h4-5,8,14-15H,1-3,6-7,11H2. The van der Waals surface area contributed by atoms with Crippen LogP contribution in [0, 0.1) is 0 Å². The van der Waals surface area contributed by atoms with E-state index in [9.17, 15) is 9.90 Å². The van der Waals surface area contributed by atoms with E-state index in [0.29, 0.717) is 25.3 Å². The molecule has 1 aromatic heterocycles. The molecular formula is C10H17N3O4. The zero-order valence-electron chi connectivity index (χ0n) is 9.45. The second kappa shape index (κ2) is 7.00. The summed E-state index contributed by atoms with van der Waals surface area (Å²) in [6.45, 7) is 0.495. The Balaban J connectivity index is 2.63. The number of nitrogens with two attached hydrogens (primary N) is 1. The summed E-state index contributed by atoms with van der Waals surface area (Å²) >= 11 is 0. The second-order valence-corrected chi connectivity index (χ2v) is 3.54. The number of aliphatic hydroxyl groups is 2. The highest BCUT2D eigenvalue weighted by Gasteiger charge is 2.06. The Labute approximate surface area is 98.4 Å². The molecule has 1 heterocycles. The Kier molecular flexibility index (Phi) is 5.61. The molecule has 0 aliphatic heterocycles. The first kappa shape index (κ1) is 13.6. The highest BCUT2D eigenvalue weighted by Crippen LogP contribution is 2.03. The average Bonchev–Trinajstić information content (AvgIpc) is 2.32. The van der Waals surface area contributed by atoms with Crippen LogP contribution in [0.2, 0.25) is 0 Å². The predicted molar refractivity (Wildman–Crippen MR) is 60.8 cm³/mol. The van der Waals surface area contributed by atoms with E-state index < -0.39 is 12.7 Å². The van der Waals surface area contributed by atoms with E-state index in [0.717, 1.165) is 4.68 Å². The maximum atomic E-state index is 11.5. The van der Waals surface area contributed by atoms with Crippen LogP contribution in [0.1, 0.15) is 6.42 Å². The van der Waals surface area contributed by atoms with Crippen LogP contribution >= 0.6 is 0 Å². The molecule has 0 aliphatic carbocycles. The minimum Gasteiger partial charge on any atom is -0.492 e. The minimum absolute atomic E-state index is 0.0432. The quantitative estimate of drug-likeness (QED) is 0.493. The largest absolute Gasteiger partial charge is 0.492 e. The molecule has 4 N–H and O–H groups in total. The number of rotatable bonds is 7. The van der Waals surface area contributed by atoms with Gasteiger partial charge in [-0.2, -0.15) is 5.10 Å². The molecule has 0 radical (unpaired) electrons. The van der Waals surface area contributed by atoms with Gasteiger partial charge in [0, 0.05) is 6.07 Å². The lowest BCUT2D eigenvalue weighted by atomic mass is 10.4. The van der Waals surface area contributed by atoms with Crippen molar-refractivity contribution in [3.05, 3.63) is 22.6 Å². The summed E-state index contributed by atoms with van der Waals surface area (Å²) < 4.78 is 6.31. The summed E-state index contributed by atoms with van der Waals surface area (Å²) in [6.07, 6.45) is 1.10. The third-order valence-corrected chi connectivity index (χ3v) is 2.06. The molecule has 7 nitrogen and oxygen atoms in total. The van der Waals surface area contributed by atoms with Gasteiger partial charge in [-0.05, 0) is 13.0 Å². The van der Waals surface area contributed by atoms with Crippen molar-refractivity contribution >= 4 is 0 Å². The van der Waals surface area contributed by atoms with Gasteiger partial charge in [-0.25, -0.2) is 4.68 Å². The molecule has 0 saturated carbocycles. The van der Waals surface area contributed by atoms with Crippen molar-refractivity contribution in [2.24, 2.45) is 5.73 Å². The molecular weight excluding hydrogens is 226 g/mol. The van der Waals surface area contributed by atoms with Gasteiger partial charge in [-0.15, -0.1) is 0 Å². The van der Waals surface area contributed by atoms with E-state index in [-0.39, 0.29) is 12.1 Å². The number of hydrogen-bond acceptors (Lipinski definition) is 6. The van der Waals surface area contributed by atoms with Gasteiger partial charge in [0.05, 0.1) is 32.1 Å². The van der Waals surface area contributed by atoms with Gasteiger partial charge in [-0.1, -0.05) is 0 Å². The third-order valence-electron chi connectivity index (χ3n) is 2.06. The van der Waals surface area contributed by atoms with Crippen molar-refractivity contribution in [1.82, 2.24) is 9.78 Å². The lowest BCUT2D eigenvalue weighted by Crippen LogP contribution is -2.30. The summed E-state index contributed by atoms with van der Waals surface area (Å²) in [4.78, 5) is 11.5. The fraction of sp³-hybridized carbons (Fsp3) is 0.600. The average molecular weight is 243 g/mol. The van der Waals surface area contributed by atoms with E-state index in [2.05, 4.69) is 5.10 Å². The van der Waals surface area contributed by atoms with E-state index >= 15 is 0 Å². The molecule has 96 valence electrons. The molecule has 17 heavy (non-hydrogen) atoms. The van der Waals surface area contributed by atoms with Gasteiger partial charge < -0.3 is 20.7 Å². The zero-order chi connectivity index (χ0) is 12.7. The van der Waals surface area contributed by atoms with Gasteiger partial charge in [0.1, 0.15) is 5.75 Å². The van der Waals surface area contributed by atoms with Crippen molar-refractivity contribution in [3.8, 4) is 5.75 Å². The first-order valence-electron chi connectivity index (χ1n) is 5.36. The Morgan fingerprint density at radius 3 is 2.94 bits per heavy atom. The number of aromatic nitrogens is 2. The van der Waals surface area contributed by atoms with Gasteiger partial charge in [0.15, 0.2) is 0 Å². The van der Waals surface area contributed by atoms with Crippen LogP contribution in [0.4, 0.5) is 0 Å². The molecule has 0 saturated heterocycles. The predicted octanol–water partition coefficient (Wildman–Crippen LogP) is -1.68. The molecule has 0 bridgehead atoms. The Hall–Kier alpha value is -1.44. The number of ether oxygens (including phenoxy) is 1. The molecule has 1 rings (SSSR count). The van der Waals surface area contributed by atoms with Gasteiger partial charge >= 0.3 is 0 Å². The van der Waals surface area contributed by atoms with Crippen LogP contribution in [0.3, 0.4) is 0 Å². The summed E-state index contributed by atoms with van der Waals surface area (Å²) in [5, 5.41) is 21.7. The summed E-state index contributed by atoms with van der Waals surface area (Å²) in [6, 6.07) is 1.29. The van der Waals surface area contributed by atoms with Gasteiger partial charge in [0.2, 0.25) is 0 Å². The molecule has 1 unspecified atom stereocenters. The highest BCUT2D eigenvalue weighted by molar-refractivity contribution is 5.13. The number of hydrogen-bond donors (Lipinski definition) is 3. The molecule has 0 aliphatic rings. The molecule has 7 heteroatoms. The minimum atomic E-state index is -0.996. The van der Waals surface area contributed by atoms with E-state index in [4.69, 9.17) is 15.6 Å². The van der Waals surface area contributed by atoms with Crippen molar-refractivity contribution in [1.29, 1.82) is 0 Å². The first-order chi connectivity index (χ1) is 8.17. The van der Waals surface area contributed by atoms with Gasteiger partial charge in [-0.3, -0.25) is 4.79 Å². The van der Waals surface area contributed by atoms with Crippen LogP contribution in [-0.2, 0) is 6.54 Å². The lowest BCUT2D eigenvalue weighted by Gasteiger charge is -2.09. The summed E-state index contributed by atoms with van der Waals surface area (Å²) in [5.74, 6) is 0.373. The van der Waals surface area contributed by atoms with Crippen molar-refractivity contribution in [2.75, 3.05) is 19.8 Å². The summed E-state index contributed by atoms with van der Waals surface area (Å²) in [5.41, 5.74) is 4.92. The van der Waals surface area contributed by atoms with Gasteiger partial charge in [0.25, 0.3) is 5.56 Å². The zero-order valence-corrected chi connectivity index (χ0v) is 9.45. The second-order valence-electron chi connectivity index (χ2n) is 3.54. The van der Waals surface area contributed by atoms with Crippen molar-refractivity contribution in [2.45, 2.75) is 19.1 Å². The molecule has 0 fully saturated rings. The summed E-state index contributed by atoms with van der Waals surface area (Å²) in [7, 11) is 0. The fourth-order valence-corrected chi connectivity index (χ4v) is 1.16. The SMILES string of the molecule is NCCCOc1cnn(CC(O)CO)c(=O)c1. The fourth-order valence-electron chi connectivity index (χ4n) is 1.16. The first-order valence-corrected chi connectivity index (χ1v) is 5.36. The lowest BCUT2D eigenvalue weighted by molar-refractivity contribution is 0.0768. The maximum Gasteiger partial charge on any atom is 0.270 e. The monoisotopic (exact) mass is 243 g/mol. The topological polar surface area (TPSA) is 111 Å². The van der Waals surface area contributed by atoms with Crippen LogP contribution in [0.5, 0.6) is 5.75 Å². The number of aliphatic hydroxyl groups excluding tert-OH is 2. The highest BCUT2D eigenvalue weighted by atomic mass is 16.5. The van der Waals surface area contributed by atoms with Crippen molar-refractivity contribution in [3.63, 3.8) is 0 Å². The van der Waals surface area contributed by atoms with E-state index in [1.165, 1.54) is 12.3 Å². The normalized spacial score (nSPS) is 12.4. The number of nitrogens with zero attached hydrogens (tertiary/aromatic N) is 2. The Morgan fingerprint density at radius 1 is 1.59 bits per heavy atom. The third kappa shape index (κ3) is 4.51. The maximum absolute atomic E-state index is 11.5. The molecule has 0 aromatic carbocycles.